The summed E-state index contributed by atoms with van der Waals surface area (Å²) in [5, 5.41) is -1.15. The Balaban J connectivity index is 3.57. The zero-order valence-corrected chi connectivity index (χ0v) is 8.62. The van der Waals surface area contributed by atoms with E-state index in [4.69, 9.17) is 11.6 Å². The molecule has 0 heterocycles. The second kappa shape index (κ2) is 4.29. The minimum Gasteiger partial charge on any atom is -0.495 e. The number of alkyl halides is 3. The Morgan fingerprint density at radius 3 is 2.31 bits per heavy atom. The summed E-state index contributed by atoms with van der Waals surface area (Å²) in [6.07, 6.45) is -4.96. The van der Waals surface area contributed by atoms with Gasteiger partial charge in [-0.15, -0.1) is 0 Å². The Morgan fingerprint density at radius 1 is 1.38 bits per heavy atom. The second-order valence-electron chi connectivity index (χ2n) is 2.77. The summed E-state index contributed by atoms with van der Waals surface area (Å²) >= 11 is 5.05. The van der Waals surface area contributed by atoms with E-state index in [-0.39, 0.29) is 0 Å². The third-order valence-corrected chi connectivity index (χ3v) is 2.01. The molecule has 0 atom stereocenters. The molecule has 0 bridgehead atoms. The molecule has 0 aliphatic heterocycles. The SMILES string of the molecule is COc1c(C(=O)Cl)ccc(F)c1C(F)(F)F. The van der Waals surface area contributed by atoms with Crippen LogP contribution >= 0.6 is 11.6 Å². The largest absolute Gasteiger partial charge is 0.495 e. The molecule has 0 amide bonds. The minimum absolute atomic E-state index is 0.515. The van der Waals surface area contributed by atoms with Gasteiger partial charge in [0, 0.05) is 0 Å². The first kappa shape index (κ1) is 12.8. The van der Waals surface area contributed by atoms with E-state index in [1.807, 2.05) is 0 Å². The van der Waals surface area contributed by atoms with Crippen molar-refractivity contribution in [3.05, 3.63) is 29.1 Å². The highest BCUT2D eigenvalue weighted by molar-refractivity contribution is 6.68. The Kier molecular flexibility index (Phi) is 3.42. The molecular weight excluding hydrogens is 252 g/mol. The van der Waals surface area contributed by atoms with E-state index in [9.17, 15) is 22.4 Å². The predicted molar refractivity (Wildman–Crippen MR) is 48.1 cm³/mol. The van der Waals surface area contributed by atoms with Crippen molar-refractivity contribution in [2.45, 2.75) is 6.18 Å². The Morgan fingerprint density at radius 2 is 1.94 bits per heavy atom. The van der Waals surface area contributed by atoms with Crippen LogP contribution in [0.15, 0.2) is 12.1 Å². The molecule has 7 heteroatoms. The van der Waals surface area contributed by atoms with Crippen molar-refractivity contribution < 1.29 is 27.1 Å². The predicted octanol–water partition coefficient (Wildman–Crippen LogP) is 3.23. The van der Waals surface area contributed by atoms with Crippen LogP contribution in [0.2, 0.25) is 0 Å². The van der Waals surface area contributed by atoms with Gasteiger partial charge in [-0.2, -0.15) is 13.2 Å². The van der Waals surface area contributed by atoms with Gasteiger partial charge in [-0.25, -0.2) is 4.39 Å². The first-order valence-electron chi connectivity index (χ1n) is 3.92. The fourth-order valence-corrected chi connectivity index (χ4v) is 1.34. The summed E-state index contributed by atoms with van der Waals surface area (Å²) < 4.78 is 54.8. The van der Waals surface area contributed by atoms with E-state index in [0.717, 1.165) is 13.2 Å². The zero-order valence-electron chi connectivity index (χ0n) is 7.86. The molecule has 1 aromatic carbocycles. The lowest BCUT2D eigenvalue weighted by molar-refractivity contribution is -0.141. The van der Waals surface area contributed by atoms with Gasteiger partial charge in [-0.1, -0.05) is 0 Å². The summed E-state index contributed by atoms with van der Waals surface area (Å²) in [5.74, 6) is -2.43. The number of hydrogen-bond acceptors (Lipinski definition) is 2. The summed E-state index contributed by atoms with van der Waals surface area (Å²) in [7, 11) is 0.896. The molecule has 0 aliphatic carbocycles. The van der Waals surface area contributed by atoms with Crippen LogP contribution in [0.1, 0.15) is 15.9 Å². The Labute approximate surface area is 92.8 Å². The van der Waals surface area contributed by atoms with Crippen molar-refractivity contribution >= 4 is 16.8 Å². The van der Waals surface area contributed by atoms with Crippen LogP contribution in [-0.2, 0) is 6.18 Å². The van der Waals surface area contributed by atoms with Gasteiger partial charge < -0.3 is 4.74 Å². The van der Waals surface area contributed by atoms with Crippen molar-refractivity contribution in [1.82, 2.24) is 0 Å². The maximum Gasteiger partial charge on any atom is 0.422 e. The van der Waals surface area contributed by atoms with Gasteiger partial charge in [0.25, 0.3) is 5.24 Å². The van der Waals surface area contributed by atoms with Gasteiger partial charge in [-0.05, 0) is 23.7 Å². The zero-order chi connectivity index (χ0) is 12.5. The maximum absolute atomic E-state index is 13.0. The topological polar surface area (TPSA) is 26.3 Å². The molecular formula is C9H5ClF4O2. The molecule has 0 radical (unpaired) electrons. The van der Waals surface area contributed by atoms with Crippen LogP contribution in [-0.4, -0.2) is 12.4 Å². The molecule has 0 saturated heterocycles. The number of hydrogen-bond donors (Lipinski definition) is 0. The van der Waals surface area contributed by atoms with E-state index >= 15 is 0 Å². The number of benzene rings is 1. The first-order valence-corrected chi connectivity index (χ1v) is 4.30. The maximum atomic E-state index is 13.0. The summed E-state index contributed by atoms with van der Waals surface area (Å²) in [6, 6.07) is 1.35. The van der Waals surface area contributed by atoms with Crippen molar-refractivity contribution in [1.29, 1.82) is 0 Å². The standard InChI is InChI=1S/C9H5ClF4O2/c1-16-7-4(8(10)15)2-3-5(11)6(7)9(12,13)14/h2-3H,1H3. The average Bonchev–Trinajstić information content (AvgIpc) is 2.14. The van der Waals surface area contributed by atoms with Crippen molar-refractivity contribution in [3.63, 3.8) is 0 Å². The number of carbonyl (C=O) groups is 1. The normalized spacial score (nSPS) is 11.4. The van der Waals surface area contributed by atoms with Crippen LogP contribution in [0.5, 0.6) is 5.75 Å². The lowest BCUT2D eigenvalue weighted by atomic mass is 10.1. The molecule has 0 fully saturated rings. The van der Waals surface area contributed by atoms with Crippen LogP contribution < -0.4 is 4.74 Å². The van der Waals surface area contributed by atoms with Crippen molar-refractivity contribution in [2.24, 2.45) is 0 Å². The Hall–Kier alpha value is -1.30. The van der Waals surface area contributed by atoms with Crippen molar-refractivity contribution in [3.8, 4) is 5.75 Å². The molecule has 0 N–H and O–H groups in total. The van der Waals surface area contributed by atoms with Gasteiger partial charge in [0.1, 0.15) is 17.1 Å². The number of rotatable bonds is 2. The van der Waals surface area contributed by atoms with E-state index < -0.39 is 34.1 Å². The van der Waals surface area contributed by atoms with Crippen LogP contribution in [0, 0.1) is 5.82 Å². The molecule has 1 aromatic rings. The number of halogens is 5. The highest BCUT2D eigenvalue weighted by Gasteiger charge is 2.39. The van der Waals surface area contributed by atoms with Gasteiger partial charge in [0.15, 0.2) is 0 Å². The lowest BCUT2D eigenvalue weighted by Crippen LogP contribution is -2.12. The minimum atomic E-state index is -4.96. The van der Waals surface area contributed by atoms with Gasteiger partial charge in [0.05, 0.1) is 12.7 Å². The molecule has 1 rings (SSSR count). The number of ether oxygens (including phenoxy) is 1. The summed E-state index contributed by atoms with van der Waals surface area (Å²) in [4.78, 5) is 10.8. The lowest BCUT2D eigenvalue weighted by Gasteiger charge is -2.14. The third kappa shape index (κ3) is 2.27. The van der Waals surface area contributed by atoms with Crippen molar-refractivity contribution in [2.75, 3.05) is 7.11 Å². The molecule has 2 nitrogen and oxygen atoms in total. The molecule has 0 spiro atoms. The average molecular weight is 257 g/mol. The van der Waals surface area contributed by atoms with Gasteiger partial charge in [0.2, 0.25) is 0 Å². The molecule has 16 heavy (non-hydrogen) atoms. The van der Waals surface area contributed by atoms with E-state index in [1.165, 1.54) is 0 Å². The molecule has 88 valence electrons. The van der Waals surface area contributed by atoms with Gasteiger partial charge >= 0.3 is 6.18 Å². The highest BCUT2D eigenvalue weighted by Crippen LogP contribution is 2.40. The smallest absolute Gasteiger partial charge is 0.422 e. The number of methoxy groups -OCH3 is 1. The monoisotopic (exact) mass is 256 g/mol. The molecule has 0 aliphatic rings. The fraction of sp³-hybridized carbons (Fsp3) is 0.222. The Bertz CT molecular complexity index is 428. The second-order valence-corrected chi connectivity index (χ2v) is 3.12. The van der Waals surface area contributed by atoms with Crippen LogP contribution in [0.3, 0.4) is 0 Å². The summed E-state index contributed by atoms with van der Waals surface area (Å²) in [6.45, 7) is 0. The molecule has 0 aromatic heterocycles. The number of carbonyl (C=O) groups excluding carboxylic acids is 1. The van der Waals surface area contributed by atoms with E-state index in [0.29, 0.717) is 6.07 Å². The summed E-state index contributed by atoms with van der Waals surface area (Å²) in [5.41, 5.74) is -2.17. The highest BCUT2D eigenvalue weighted by atomic mass is 35.5. The van der Waals surface area contributed by atoms with Gasteiger partial charge in [-0.3, -0.25) is 4.79 Å². The fourth-order valence-electron chi connectivity index (χ4n) is 1.19. The van der Waals surface area contributed by atoms with Crippen LogP contribution in [0.25, 0.3) is 0 Å². The van der Waals surface area contributed by atoms with Crippen LogP contribution in [0.4, 0.5) is 17.6 Å². The third-order valence-electron chi connectivity index (χ3n) is 1.81. The quantitative estimate of drug-likeness (QED) is 0.600. The van der Waals surface area contributed by atoms with E-state index in [1.54, 1.807) is 0 Å². The first-order chi connectivity index (χ1) is 7.29. The molecule has 0 unspecified atom stereocenters. The molecule has 0 saturated carbocycles. The van der Waals surface area contributed by atoms with E-state index in [2.05, 4.69) is 4.74 Å².